The number of hydrogen-bond donors (Lipinski definition) is 1. The number of carbonyl (C=O) groups excluding carboxylic acids is 1. The van der Waals surface area contributed by atoms with Crippen LogP contribution in [0.4, 0.5) is 0 Å². The summed E-state index contributed by atoms with van der Waals surface area (Å²) in [4.78, 5) is 18.1. The molecule has 4 nitrogen and oxygen atoms in total. The van der Waals surface area contributed by atoms with E-state index in [0.29, 0.717) is 19.3 Å². The Bertz CT molecular complexity index is 1040. The first-order valence-corrected chi connectivity index (χ1v) is 10.6. The second-order valence-electron chi connectivity index (χ2n) is 8.08. The number of hydrogen-bond acceptors (Lipinski definition) is 4. The number of nitrogens with zero attached hydrogens (tertiary/aromatic N) is 2. The Labute approximate surface area is 211 Å². The number of aryl methyl sites for hydroxylation is 1. The second-order valence-corrected chi connectivity index (χ2v) is 8.08. The van der Waals surface area contributed by atoms with Gasteiger partial charge in [-0.05, 0) is 54.5 Å². The third-order valence-corrected chi connectivity index (χ3v) is 6.12. The fourth-order valence-electron chi connectivity index (χ4n) is 4.20. The molecular weight excluding hydrogens is 461 g/mol. The van der Waals surface area contributed by atoms with E-state index < -0.39 is 5.60 Å². The summed E-state index contributed by atoms with van der Waals surface area (Å²) in [5.74, 6) is 0. The topological polar surface area (TPSA) is 53.4 Å². The Balaban J connectivity index is 0.00000341. The molecule has 0 bridgehead atoms. The van der Waals surface area contributed by atoms with Gasteiger partial charge in [0.05, 0.1) is 17.0 Å². The fraction of sp³-hybridized carbons (Fsp3) is 0.385. The van der Waals surface area contributed by atoms with E-state index in [9.17, 15) is 9.90 Å². The molecule has 1 aliphatic rings. The number of aliphatic hydroxyl groups is 1. The van der Waals surface area contributed by atoms with E-state index in [1.807, 2.05) is 38.1 Å². The van der Waals surface area contributed by atoms with Gasteiger partial charge in [0.25, 0.3) is 0 Å². The van der Waals surface area contributed by atoms with Crippen LogP contribution in [0.1, 0.15) is 56.9 Å². The van der Waals surface area contributed by atoms with Gasteiger partial charge >= 0.3 is 0 Å². The quantitative estimate of drug-likeness (QED) is 0.320. The van der Waals surface area contributed by atoms with Crippen LogP contribution in [-0.2, 0) is 50.5 Å². The van der Waals surface area contributed by atoms with E-state index in [2.05, 4.69) is 31.5 Å². The van der Waals surface area contributed by atoms with Gasteiger partial charge in [-0.15, -0.1) is 11.5 Å². The summed E-state index contributed by atoms with van der Waals surface area (Å²) in [7, 11) is 2.06. The number of aromatic nitrogens is 1. The van der Waals surface area contributed by atoms with E-state index in [4.69, 9.17) is 4.98 Å². The molecule has 0 amide bonds. The molecule has 0 aliphatic carbocycles. The molecule has 0 fully saturated rings. The van der Waals surface area contributed by atoms with Gasteiger partial charge in [0.2, 0.25) is 0 Å². The molecule has 1 unspecified atom stereocenters. The zero-order chi connectivity index (χ0) is 21.9. The van der Waals surface area contributed by atoms with Gasteiger partial charge in [-0.1, -0.05) is 32.1 Å². The number of fused-ring (bicyclic) bond motifs is 2. The maximum Gasteiger partial charge on any atom is 0.120 e. The van der Waals surface area contributed by atoms with Crippen LogP contribution in [0.3, 0.4) is 0 Å². The SMILES string of the molecule is C=C/C(CCC=O)=C(\C=C1\c2nc3cc[c-]cc3c(CC)c2CN1C)C(C)(O)CC.[Y]. The Hall–Kier alpha value is -1.62. The van der Waals surface area contributed by atoms with Crippen LogP contribution in [0, 0.1) is 6.07 Å². The van der Waals surface area contributed by atoms with E-state index in [0.717, 1.165) is 52.7 Å². The van der Waals surface area contributed by atoms with E-state index in [-0.39, 0.29) is 32.7 Å². The molecule has 1 aliphatic heterocycles. The van der Waals surface area contributed by atoms with Crippen LogP contribution >= 0.6 is 0 Å². The molecule has 1 atom stereocenters. The maximum atomic E-state index is 11.2. The number of carbonyl (C=O) groups is 1. The molecule has 3 rings (SSSR count). The monoisotopic (exact) mass is 492 g/mol. The van der Waals surface area contributed by atoms with Gasteiger partial charge in [-0.3, -0.25) is 4.98 Å². The van der Waals surface area contributed by atoms with Gasteiger partial charge in [0.15, 0.2) is 0 Å². The number of rotatable bonds is 8. The normalized spacial score (nSPS) is 17.1. The van der Waals surface area contributed by atoms with Crippen molar-refractivity contribution in [3.05, 3.63) is 71.0 Å². The number of benzene rings is 1. The first-order chi connectivity index (χ1) is 14.4. The molecule has 161 valence electrons. The van der Waals surface area contributed by atoms with Crippen LogP contribution in [0.15, 0.2) is 48.1 Å². The van der Waals surface area contributed by atoms with Crippen LogP contribution in [0.5, 0.6) is 0 Å². The van der Waals surface area contributed by atoms with Crippen molar-refractivity contribution >= 4 is 22.9 Å². The number of aldehydes is 1. The number of pyridine rings is 1. The predicted octanol–water partition coefficient (Wildman–Crippen LogP) is 5.00. The summed E-state index contributed by atoms with van der Waals surface area (Å²) in [5, 5.41) is 12.3. The van der Waals surface area contributed by atoms with Crippen molar-refractivity contribution in [3.8, 4) is 0 Å². The molecule has 1 aromatic carbocycles. The molecule has 2 aromatic rings. The molecule has 0 spiro atoms. The second kappa shape index (κ2) is 10.8. The van der Waals surface area contributed by atoms with Crippen LogP contribution in [0.25, 0.3) is 16.6 Å². The number of allylic oxidation sites excluding steroid dienone is 2. The molecule has 0 saturated heterocycles. The predicted molar refractivity (Wildman–Crippen MR) is 123 cm³/mol. The Morgan fingerprint density at radius 3 is 2.77 bits per heavy atom. The molecule has 2 heterocycles. The minimum absolute atomic E-state index is 0. The summed E-state index contributed by atoms with van der Waals surface area (Å²) >= 11 is 0. The molecule has 31 heavy (non-hydrogen) atoms. The van der Waals surface area contributed by atoms with Crippen LogP contribution in [0.2, 0.25) is 0 Å². The van der Waals surface area contributed by atoms with Crippen molar-refractivity contribution in [1.82, 2.24) is 9.88 Å². The van der Waals surface area contributed by atoms with Crippen LogP contribution < -0.4 is 0 Å². The maximum absolute atomic E-state index is 11.2. The third kappa shape index (κ3) is 5.08. The van der Waals surface area contributed by atoms with Gasteiger partial charge in [0.1, 0.15) is 6.29 Å². The summed E-state index contributed by atoms with van der Waals surface area (Å²) in [6.45, 7) is 10.7. The Kier molecular flexibility index (Phi) is 8.94. The zero-order valence-electron chi connectivity index (χ0n) is 19.0. The first-order valence-electron chi connectivity index (χ1n) is 10.6. The summed E-state index contributed by atoms with van der Waals surface area (Å²) in [6, 6.07) is 9.09. The smallest absolute Gasteiger partial charge is 0.120 e. The molecule has 0 saturated carbocycles. The largest absolute Gasteiger partial charge is 0.385 e. The molecule has 1 N–H and O–H groups in total. The minimum atomic E-state index is -1.03. The van der Waals surface area contributed by atoms with Gasteiger partial charge in [0, 0.05) is 52.7 Å². The summed E-state index contributed by atoms with van der Waals surface area (Å²) in [6.07, 6.45) is 7.15. The van der Waals surface area contributed by atoms with Gasteiger partial charge in [-0.25, -0.2) is 0 Å². The van der Waals surface area contributed by atoms with E-state index in [1.165, 1.54) is 11.1 Å². The first kappa shape index (κ1) is 25.6. The van der Waals surface area contributed by atoms with Crippen molar-refractivity contribution in [1.29, 1.82) is 0 Å². The summed E-state index contributed by atoms with van der Waals surface area (Å²) in [5.41, 5.74) is 6.14. The van der Waals surface area contributed by atoms with E-state index in [1.54, 1.807) is 6.08 Å². The Morgan fingerprint density at radius 1 is 1.42 bits per heavy atom. The third-order valence-electron chi connectivity index (χ3n) is 6.12. The van der Waals surface area contributed by atoms with Crippen molar-refractivity contribution in [2.45, 2.75) is 58.6 Å². The zero-order valence-corrected chi connectivity index (χ0v) is 21.9. The minimum Gasteiger partial charge on any atom is -0.385 e. The van der Waals surface area contributed by atoms with Crippen molar-refractivity contribution < 1.29 is 42.6 Å². The van der Waals surface area contributed by atoms with Crippen LogP contribution in [-0.4, -0.2) is 33.9 Å². The van der Waals surface area contributed by atoms with Crippen molar-refractivity contribution in [2.24, 2.45) is 0 Å². The molecular formula is C26H31N2O2Y-. The molecule has 5 heteroatoms. The standard InChI is InChI=1S/C26H31N2O2.Y/c1-6-18(12-11-15-29)22(26(4,30)8-3)16-24-25-21(17-28(24)5)19(7-2)20-13-9-10-14-23(20)27-25;/h6,10,13-16,30H,1,7-8,11-12,17H2,2-5H3;/q-1;/b22-18-,24-16-;. The van der Waals surface area contributed by atoms with Crippen molar-refractivity contribution in [3.63, 3.8) is 0 Å². The van der Waals surface area contributed by atoms with E-state index >= 15 is 0 Å². The Morgan fingerprint density at radius 2 is 2.16 bits per heavy atom. The summed E-state index contributed by atoms with van der Waals surface area (Å²) < 4.78 is 0. The average Bonchev–Trinajstić information content (AvgIpc) is 3.06. The van der Waals surface area contributed by atoms with Gasteiger partial charge in [-0.2, -0.15) is 18.2 Å². The van der Waals surface area contributed by atoms with Crippen molar-refractivity contribution in [2.75, 3.05) is 7.05 Å². The fourth-order valence-corrected chi connectivity index (χ4v) is 4.20. The van der Waals surface area contributed by atoms with Gasteiger partial charge < -0.3 is 14.8 Å². The molecule has 1 aromatic heterocycles. The molecule has 1 radical (unpaired) electrons. The average molecular weight is 492 g/mol.